The zero-order valence-corrected chi connectivity index (χ0v) is 16.5. The largest absolute Gasteiger partial charge is 0.494 e. The van der Waals surface area contributed by atoms with E-state index in [1.165, 1.54) is 0 Å². The van der Waals surface area contributed by atoms with Gasteiger partial charge in [-0.3, -0.25) is 4.57 Å². The highest BCUT2D eigenvalue weighted by atomic mass is 16.5. The van der Waals surface area contributed by atoms with Crippen LogP contribution in [-0.2, 0) is 6.54 Å². The molecule has 0 saturated heterocycles. The second-order valence-corrected chi connectivity index (χ2v) is 6.35. The van der Waals surface area contributed by atoms with Crippen molar-refractivity contribution in [1.82, 2.24) is 34.7 Å². The average molecular weight is 391 g/mol. The molecule has 148 valence electrons. The maximum absolute atomic E-state index is 5.66. The molecule has 1 aromatic carbocycles. The lowest BCUT2D eigenvalue weighted by Gasteiger charge is -2.12. The number of rotatable bonds is 7. The molecule has 0 aliphatic carbocycles. The summed E-state index contributed by atoms with van der Waals surface area (Å²) < 4.78 is 14.5. The van der Waals surface area contributed by atoms with Gasteiger partial charge in [-0.1, -0.05) is 5.21 Å². The predicted molar refractivity (Wildman–Crippen MR) is 106 cm³/mol. The van der Waals surface area contributed by atoms with Crippen LogP contribution < -0.4 is 9.47 Å². The lowest BCUT2D eigenvalue weighted by molar-refractivity contribution is 0.338. The molecule has 0 fully saturated rings. The van der Waals surface area contributed by atoms with Crippen molar-refractivity contribution in [2.24, 2.45) is 0 Å². The average Bonchev–Trinajstić information content (AvgIpc) is 3.40. The van der Waals surface area contributed by atoms with Crippen molar-refractivity contribution in [2.45, 2.75) is 20.4 Å². The summed E-state index contributed by atoms with van der Waals surface area (Å²) in [4.78, 5) is 4.33. The number of pyridine rings is 1. The molecule has 0 bridgehead atoms. The van der Waals surface area contributed by atoms with Gasteiger partial charge in [0.25, 0.3) is 0 Å². The quantitative estimate of drug-likeness (QED) is 0.478. The Balaban J connectivity index is 1.81. The van der Waals surface area contributed by atoms with E-state index in [4.69, 9.17) is 9.47 Å². The summed E-state index contributed by atoms with van der Waals surface area (Å²) in [5, 5.41) is 16.8. The van der Waals surface area contributed by atoms with Gasteiger partial charge in [0.1, 0.15) is 12.3 Å². The molecule has 0 atom stereocenters. The zero-order valence-electron chi connectivity index (χ0n) is 16.5. The van der Waals surface area contributed by atoms with Crippen LogP contribution in [0.2, 0.25) is 0 Å². The Bertz CT molecular complexity index is 1090. The fourth-order valence-electron chi connectivity index (χ4n) is 3.07. The molecule has 9 heteroatoms. The molecular formula is C20H21N7O2. The normalized spacial score (nSPS) is 10.9. The van der Waals surface area contributed by atoms with Crippen LogP contribution in [0.4, 0.5) is 0 Å². The first-order valence-electron chi connectivity index (χ1n) is 9.22. The van der Waals surface area contributed by atoms with Gasteiger partial charge in [-0.05, 0) is 43.7 Å². The van der Waals surface area contributed by atoms with Crippen LogP contribution in [0.15, 0.2) is 48.9 Å². The van der Waals surface area contributed by atoms with E-state index in [1.54, 1.807) is 30.4 Å². The number of methoxy groups -OCH3 is 1. The van der Waals surface area contributed by atoms with E-state index in [2.05, 4.69) is 25.5 Å². The Morgan fingerprint density at radius 1 is 1.10 bits per heavy atom. The van der Waals surface area contributed by atoms with Gasteiger partial charge in [0.2, 0.25) is 5.88 Å². The number of benzene rings is 1. The van der Waals surface area contributed by atoms with E-state index in [9.17, 15) is 0 Å². The summed E-state index contributed by atoms with van der Waals surface area (Å²) in [6, 6.07) is 9.71. The predicted octanol–water partition coefficient (Wildman–Crippen LogP) is 2.68. The van der Waals surface area contributed by atoms with Crippen molar-refractivity contribution in [1.29, 1.82) is 0 Å². The first-order valence-corrected chi connectivity index (χ1v) is 9.22. The Morgan fingerprint density at radius 3 is 2.66 bits per heavy atom. The number of hydrogen-bond donors (Lipinski definition) is 0. The van der Waals surface area contributed by atoms with Gasteiger partial charge in [-0.15, -0.1) is 15.3 Å². The van der Waals surface area contributed by atoms with E-state index in [0.29, 0.717) is 30.7 Å². The zero-order chi connectivity index (χ0) is 20.2. The second-order valence-electron chi connectivity index (χ2n) is 6.35. The van der Waals surface area contributed by atoms with E-state index >= 15 is 0 Å². The number of nitrogens with zero attached hydrogens (tertiary/aromatic N) is 7. The molecule has 0 amide bonds. The molecular weight excluding hydrogens is 370 g/mol. The van der Waals surface area contributed by atoms with Gasteiger partial charge in [-0.2, -0.15) is 0 Å². The van der Waals surface area contributed by atoms with Gasteiger partial charge < -0.3 is 9.47 Å². The van der Waals surface area contributed by atoms with E-state index < -0.39 is 0 Å². The summed E-state index contributed by atoms with van der Waals surface area (Å²) in [6.07, 6.45) is 5.15. The maximum atomic E-state index is 5.66. The van der Waals surface area contributed by atoms with Crippen molar-refractivity contribution in [3.8, 4) is 28.7 Å². The van der Waals surface area contributed by atoms with Crippen LogP contribution in [0, 0.1) is 6.92 Å². The lowest BCUT2D eigenvalue weighted by atomic mass is 10.1. The van der Waals surface area contributed by atoms with Crippen LogP contribution in [0.3, 0.4) is 0 Å². The fraction of sp³-hybridized carbons (Fsp3) is 0.250. The van der Waals surface area contributed by atoms with Gasteiger partial charge in [0, 0.05) is 17.8 Å². The highest BCUT2D eigenvalue weighted by Crippen LogP contribution is 2.28. The fourth-order valence-corrected chi connectivity index (χ4v) is 3.07. The number of hydrogen-bond acceptors (Lipinski definition) is 7. The van der Waals surface area contributed by atoms with Crippen LogP contribution >= 0.6 is 0 Å². The monoisotopic (exact) mass is 391 g/mol. The number of aryl methyl sites for hydroxylation is 1. The summed E-state index contributed by atoms with van der Waals surface area (Å²) in [5.74, 6) is 2.82. The molecule has 4 rings (SSSR count). The SMILES string of the molecule is CCOc1ccc(-c2nnc(Cn3ccnn3)n2-c2ccc(OC)nc2)cc1C. The molecule has 0 saturated carbocycles. The molecule has 0 radical (unpaired) electrons. The molecule has 0 unspecified atom stereocenters. The van der Waals surface area contributed by atoms with Crippen molar-refractivity contribution in [2.75, 3.05) is 13.7 Å². The van der Waals surface area contributed by atoms with E-state index in [0.717, 1.165) is 22.6 Å². The Hall–Kier alpha value is -3.75. The Morgan fingerprint density at radius 2 is 2.00 bits per heavy atom. The second kappa shape index (κ2) is 8.09. The van der Waals surface area contributed by atoms with Crippen molar-refractivity contribution in [3.05, 3.63) is 60.3 Å². The standard InChI is InChI=1S/C20H21N7O2/c1-4-29-17-7-5-15(11-14(17)2)20-24-23-18(13-26-10-9-22-25-26)27(20)16-6-8-19(28-3)21-12-16/h5-12H,4,13H2,1-3H3. The minimum absolute atomic E-state index is 0.426. The van der Waals surface area contributed by atoms with Gasteiger partial charge in [0.05, 0.1) is 31.8 Å². The Kier molecular flexibility index (Phi) is 5.19. The third-order valence-corrected chi connectivity index (χ3v) is 4.43. The molecule has 0 N–H and O–H groups in total. The first kappa shape index (κ1) is 18.6. The van der Waals surface area contributed by atoms with E-state index in [1.807, 2.05) is 48.7 Å². The van der Waals surface area contributed by atoms with Crippen LogP contribution in [0.25, 0.3) is 17.1 Å². The lowest BCUT2D eigenvalue weighted by Crippen LogP contribution is -2.09. The molecule has 29 heavy (non-hydrogen) atoms. The maximum Gasteiger partial charge on any atom is 0.213 e. The van der Waals surface area contributed by atoms with Crippen LogP contribution in [0.1, 0.15) is 18.3 Å². The summed E-state index contributed by atoms with van der Waals surface area (Å²) >= 11 is 0. The molecule has 0 spiro atoms. The molecule has 3 heterocycles. The third kappa shape index (κ3) is 3.79. The van der Waals surface area contributed by atoms with Gasteiger partial charge in [0.15, 0.2) is 11.6 Å². The molecule has 0 aliphatic heterocycles. The smallest absolute Gasteiger partial charge is 0.213 e. The molecule has 4 aromatic rings. The van der Waals surface area contributed by atoms with Gasteiger partial charge in [-0.25, -0.2) is 9.67 Å². The molecule has 9 nitrogen and oxygen atoms in total. The number of ether oxygens (including phenoxy) is 2. The third-order valence-electron chi connectivity index (χ3n) is 4.43. The van der Waals surface area contributed by atoms with Crippen LogP contribution in [0.5, 0.6) is 11.6 Å². The summed E-state index contributed by atoms with van der Waals surface area (Å²) in [7, 11) is 1.59. The van der Waals surface area contributed by atoms with E-state index in [-0.39, 0.29) is 0 Å². The van der Waals surface area contributed by atoms with Crippen molar-refractivity contribution >= 4 is 0 Å². The minimum atomic E-state index is 0.426. The topological polar surface area (TPSA) is 92.8 Å². The van der Waals surface area contributed by atoms with Crippen molar-refractivity contribution in [3.63, 3.8) is 0 Å². The number of aromatic nitrogens is 7. The van der Waals surface area contributed by atoms with Crippen molar-refractivity contribution < 1.29 is 9.47 Å². The molecule has 3 aromatic heterocycles. The first-order chi connectivity index (χ1) is 14.2. The highest BCUT2D eigenvalue weighted by Gasteiger charge is 2.17. The molecule has 0 aliphatic rings. The highest BCUT2D eigenvalue weighted by molar-refractivity contribution is 5.61. The summed E-state index contributed by atoms with van der Waals surface area (Å²) in [6.45, 7) is 5.03. The van der Waals surface area contributed by atoms with Crippen LogP contribution in [-0.4, -0.2) is 48.5 Å². The summed E-state index contributed by atoms with van der Waals surface area (Å²) in [5.41, 5.74) is 2.79. The minimum Gasteiger partial charge on any atom is -0.494 e. The van der Waals surface area contributed by atoms with Gasteiger partial charge >= 0.3 is 0 Å². The Labute approximate surface area is 167 Å².